The van der Waals surface area contributed by atoms with Crippen LogP contribution in [0.3, 0.4) is 0 Å². The van der Waals surface area contributed by atoms with Crippen LogP contribution in [0.25, 0.3) is 0 Å². The van der Waals surface area contributed by atoms with Crippen molar-refractivity contribution in [1.29, 1.82) is 0 Å². The summed E-state index contributed by atoms with van der Waals surface area (Å²) in [4.78, 5) is 0. The van der Waals surface area contributed by atoms with Crippen molar-refractivity contribution in [1.82, 2.24) is 0 Å². The zero-order chi connectivity index (χ0) is 8.32. The van der Waals surface area contributed by atoms with E-state index in [1.54, 1.807) is 0 Å². The summed E-state index contributed by atoms with van der Waals surface area (Å²) in [7, 11) is 0. The molecule has 0 radical (unpaired) electrons. The van der Waals surface area contributed by atoms with Gasteiger partial charge in [0, 0.05) is 0 Å². The van der Waals surface area contributed by atoms with Crippen LogP contribution in [-0.4, -0.2) is 22.9 Å². The molecular weight excluding hydrogens is 312 g/mol. The van der Waals surface area contributed by atoms with Gasteiger partial charge in [-0.1, -0.05) is 0 Å². The third kappa shape index (κ3) is 2.08. The second-order valence-corrected chi connectivity index (χ2v) is 4.33. The normalized spacial score (nSPS) is 21.5. The summed E-state index contributed by atoms with van der Waals surface area (Å²) in [5.41, 5.74) is 0. The topological polar surface area (TPSA) is 18.5 Å². The summed E-state index contributed by atoms with van der Waals surface area (Å²) in [6.45, 7) is 7.09. The van der Waals surface area contributed by atoms with E-state index in [0.29, 0.717) is 13.2 Å². The zero-order valence-electron chi connectivity index (χ0n) is 6.63. The standard InChI is InChI=1S/C8H12O2.W/c1-3-4-5-8(2)9-6-7-10-8;/h3H,1,4,6-7H2,2H3;. The first-order valence-electron chi connectivity index (χ1n) is 3.61. The van der Waals surface area contributed by atoms with Crippen LogP contribution >= 0.6 is 0 Å². The van der Waals surface area contributed by atoms with Gasteiger partial charge in [-0.3, -0.25) is 0 Å². The molecule has 3 heteroatoms. The summed E-state index contributed by atoms with van der Waals surface area (Å²) < 4.78 is 12.2. The van der Waals surface area contributed by atoms with Crippen LogP contribution < -0.4 is 0 Å². The molecule has 11 heavy (non-hydrogen) atoms. The summed E-state index contributed by atoms with van der Waals surface area (Å²) >= 11 is 1.42. The number of hydrogen-bond acceptors (Lipinski definition) is 2. The molecule has 1 heterocycles. The average molecular weight is 324 g/mol. The fourth-order valence-corrected chi connectivity index (χ4v) is 1.84. The van der Waals surface area contributed by atoms with Gasteiger partial charge in [-0.05, 0) is 0 Å². The number of ether oxygens (including phenoxy) is 2. The van der Waals surface area contributed by atoms with Crippen molar-refractivity contribution in [2.24, 2.45) is 0 Å². The number of rotatable bonds is 3. The summed E-state index contributed by atoms with van der Waals surface area (Å²) in [5.74, 6) is -0.413. The Kier molecular flexibility index (Phi) is 3.17. The molecule has 0 unspecified atom stereocenters. The molecule has 0 aromatic heterocycles. The Balaban J connectivity index is 2.55. The fraction of sp³-hybridized carbons (Fsp3) is 0.625. The average Bonchev–Trinajstić information content (AvgIpc) is 2.38. The van der Waals surface area contributed by atoms with Crippen molar-refractivity contribution in [2.45, 2.75) is 19.1 Å². The number of hydrogen-bond donors (Lipinski definition) is 0. The molecule has 0 bridgehead atoms. The minimum absolute atomic E-state index is 0.413. The first-order chi connectivity index (χ1) is 5.19. The van der Waals surface area contributed by atoms with Crippen molar-refractivity contribution in [3.8, 4) is 0 Å². The molecule has 0 spiro atoms. The molecule has 0 N–H and O–H groups in total. The fourth-order valence-electron chi connectivity index (χ4n) is 0.992. The Morgan fingerprint density at radius 1 is 1.64 bits per heavy atom. The summed E-state index contributed by atoms with van der Waals surface area (Å²) in [6, 6.07) is 0. The Labute approximate surface area is 78.0 Å². The predicted molar refractivity (Wildman–Crippen MR) is 40.1 cm³/mol. The van der Waals surface area contributed by atoms with Crippen molar-refractivity contribution in [3.63, 3.8) is 0 Å². The molecule has 0 aromatic rings. The van der Waals surface area contributed by atoms with Crippen LogP contribution in [0.1, 0.15) is 13.3 Å². The SMILES string of the molecule is C=CC[C](=[W])C1(C)OCCO1. The Morgan fingerprint density at radius 2 is 2.18 bits per heavy atom. The van der Waals surface area contributed by atoms with Gasteiger partial charge in [0.2, 0.25) is 0 Å². The van der Waals surface area contributed by atoms with Gasteiger partial charge in [0.05, 0.1) is 0 Å². The van der Waals surface area contributed by atoms with Crippen molar-refractivity contribution >= 4 is 3.90 Å². The first-order valence-corrected chi connectivity index (χ1v) is 5.08. The van der Waals surface area contributed by atoms with Crippen LogP contribution in [0, 0.1) is 0 Å². The van der Waals surface area contributed by atoms with Gasteiger partial charge in [-0.25, -0.2) is 0 Å². The van der Waals surface area contributed by atoms with E-state index in [0.717, 1.165) is 6.42 Å². The van der Waals surface area contributed by atoms with Gasteiger partial charge >= 0.3 is 77.7 Å². The van der Waals surface area contributed by atoms with Crippen LogP contribution in [0.2, 0.25) is 0 Å². The molecule has 1 saturated heterocycles. The van der Waals surface area contributed by atoms with Gasteiger partial charge in [0.15, 0.2) is 0 Å². The molecule has 0 aliphatic carbocycles. The van der Waals surface area contributed by atoms with E-state index in [4.69, 9.17) is 9.47 Å². The van der Waals surface area contributed by atoms with Crippen molar-refractivity contribution in [2.75, 3.05) is 13.2 Å². The molecule has 1 aliphatic rings. The van der Waals surface area contributed by atoms with Gasteiger partial charge in [-0.2, -0.15) is 0 Å². The molecular formula is C8H12O2W. The van der Waals surface area contributed by atoms with Crippen molar-refractivity contribution in [3.05, 3.63) is 12.7 Å². The molecule has 62 valence electrons. The Hall–Kier alpha value is 0.218. The molecule has 1 rings (SSSR count). The van der Waals surface area contributed by atoms with E-state index in [9.17, 15) is 0 Å². The van der Waals surface area contributed by atoms with Crippen LogP contribution in [0.15, 0.2) is 12.7 Å². The van der Waals surface area contributed by atoms with E-state index in [2.05, 4.69) is 6.58 Å². The zero-order valence-corrected chi connectivity index (χ0v) is 9.56. The van der Waals surface area contributed by atoms with E-state index >= 15 is 0 Å². The van der Waals surface area contributed by atoms with E-state index in [1.165, 1.54) is 23.3 Å². The van der Waals surface area contributed by atoms with Gasteiger partial charge in [0.25, 0.3) is 0 Å². The van der Waals surface area contributed by atoms with Crippen LogP contribution in [-0.2, 0) is 28.8 Å². The van der Waals surface area contributed by atoms with Crippen molar-refractivity contribution < 1.29 is 28.8 Å². The molecule has 0 atom stereocenters. The van der Waals surface area contributed by atoms with Gasteiger partial charge < -0.3 is 0 Å². The minimum atomic E-state index is -0.413. The maximum atomic E-state index is 5.47. The predicted octanol–water partition coefficient (Wildman–Crippen LogP) is 1.04. The van der Waals surface area contributed by atoms with Gasteiger partial charge in [-0.15, -0.1) is 0 Å². The quantitative estimate of drug-likeness (QED) is 0.723. The molecule has 0 aromatic carbocycles. The second kappa shape index (κ2) is 3.75. The monoisotopic (exact) mass is 324 g/mol. The second-order valence-electron chi connectivity index (χ2n) is 2.56. The Bertz CT molecular complexity index is 171. The van der Waals surface area contributed by atoms with Crippen LogP contribution in [0.4, 0.5) is 0 Å². The first kappa shape index (κ1) is 9.31. The van der Waals surface area contributed by atoms with E-state index in [1.807, 2.05) is 13.0 Å². The third-order valence-corrected chi connectivity index (χ3v) is 3.61. The summed E-state index contributed by atoms with van der Waals surface area (Å²) in [5, 5.41) is 0. The van der Waals surface area contributed by atoms with Gasteiger partial charge in [0.1, 0.15) is 0 Å². The maximum absolute atomic E-state index is 5.47. The summed E-state index contributed by atoms with van der Waals surface area (Å²) in [6.07, 6.45) is 2.78. The number of allylic oxidation sites excluding steroid dienone is 1. The molecule has 1 aliphatic heterocycles. The molecule has 2 nitrogen and oxygen atoms in total. The molecule has 0 saturated carbocycles. The van der Waals surface area contributed by atoms with E-state index < -0.39 is 5.79 Å². The molecule has 0 amide bonds. The third-order valence-electron chi connectivity index (χ3n) is 1.67. The Morgan fingerprint density at radius 3 is 2.64 bits per heavy atom. The van der Waals surface area contributed by atoms with E-state index in [-0.39, 0.29) is 0 Å². The molecule has 1 fully saturated rings. The van der Waals surface area contributed by atoms with Crippen LogP contribution in [0.5, 0.6) is 0 Å².